The Balaban J connectivity index is 3.27. The number of alkyl halides is 3. The molecular formula is C10H11F3N2O3. The largest absolute Gasteiger partial charge is 0.412 e. The number of hydrogen-bond acceptors (Lipinski definition) is 3. The van der Waals surface area contributed by atoms with E-state index >= 15 is 0 Å². The molecular weight excluding hydrogens is 253 g/mol. The van der Waals surface area contributed by atoms with E-state index in [-0.39, 0.29) is 0 Å². The average molecular weight is 264 g/mol. The Morgan fingerprint density at radius 2 is 1.61 bits per heavy atom. The van der Waals surface area contributed by atoms with Crippen molar-refractivity contribution in [3.8, 4) is 0 Å². The summed E-state index contributed by atoms with van der Waals surface area (Å²) in [5.41, 5.74) is -2.73. The van der Waals surface area contributed by atoms with Crippen LogP contribution >= 0.6 is 0 Å². The number of nitrogens with one attached hydrogen (secondary N) is 2. The van der Waals surface area contributed by atoms with E-state index in [4.69, 9.17) is 0 Å². The number of barbiturate groups is 1. The van der Waals surface area contributed by atoms with Crippen LogP contribution in [-0.2, 0) is 9.59 Å². The smallest absolute Gasteiger partial charge is 0.277 e. The van der Waals surface area contributed by atoms with E-state index in [2.05, 4.69) is 0 Å². The minimum absolute atomic E-state index is 0.524. The van der Waals surface area contributed by atoms with Gasteiger partial charge in [0.1, 0.15) is 0 Å². The van der Waals surface area contributed by atoms with Gasteiger partial charge in [-0.2, -0.15) is 13.2 Å². The van der Waals surface area contributed by atoms with Gasteiger partial charge in [0, 0.05) is 0 Å². The molecule has 2 N–H and O–H groups in total. The zero-order chi connectivity index (χ0) is 14.1. The van der Waals surface area contributed by atoms with Crippen LogP contribution in [0.1, 0.15) is 20.3 Å². The topological polar surface area (TPSA) is 75.3 Å². The van der Waals surface area contributed by atoms with Crippen molar-refractivity contribution in [1.82, 2.24) is 10.6 Å². The van der Waals surface area contributed by atoms with Crippen LogP contribution in [0, 0.1) is 5.41 Å². The Bertz CT molecular complexity index is 416. The van der Waals surface area contributed by atoms with Crippen LogP contribution in [0.25, 0.3) is 0 Å². The number of imide groups is 2. The van der Waals surface area contributed by atoms with Gasteiger partial charge in [-0.3, -0.25) is 20.2 Å². The number of halogens is 3. The number of hydrogen-bond donors (Lipinski definition) is 2. The first kappa shape index (κ1) is 14.2. The molecule has 0 saturated carbocycles. The van der Waals surface area contributed by atoms with Gasteiger partial charge in [-0.1, -0.05) is 11.6 Å². The quantitative estimate of drug-likeness (QED) is 0.582. The standard InChI is InChI=1S/C10H11F3N2O3/c1-5(2)3-4-9(10(11,12)13)6(16)14-8(18)15-7(9)17/h3H,4H2,1-2H3,(H2,14,15,16,17,18). The van der Waals surface area contributed by atoms with Crippen molar-refractivity contribution >= 4 is 17.8 Å². The Morgan fingerprint density at radius 3 is 1.94 bits per heavy atom. The minimum Gasteiger partial charge on any atom is -0.277 e. The van der Waals surface area contributed by atoms with Crippen LogP contribution in [-0.4, -0.2) is 24.0 Å². The summed E-state index contributed by atoms with van der Waals surface area (Å²) in [5, 5.41) is 2.94. The maximum atomic E-state index is 13.0. The molecule has 0 atom stereocenters. The first-order valence-electron chi connectivity index (χ1n) is 4.98. The molecule has 1 heterocycles. The predicted molar refractivity (Wildman–Crippen MR) is 54.2 cm³/mol. The Hall–Kier alpha value is -1.86. The highest BCUT2D eigenvalue weighted by molar-refractivity contribution is 6.19. The number of carbonyl (C=O) groups is 3. The fraction of sp³-hybridized carbons (Fsp3) is 0.500. The van der Waals surface area contributed by atoms with Gasteiger partial charge in [0.25, 0.3) is 11.8 Å². The lowest BCUT2D eigenvalue weighted by molar-refractivity contribution is -0.219. The molecule has 0 aromatic heterocycles. The predicted octanol–water partition coefficient (Wildman–Crippen LogP) is 1.26. The Labute approximate surface area is 100 Å². The molecule has 0 unspecified atom stereocenters. The van der Waals surface area contributed by atoms with Crippen molar-refractivity contribution in [1.29, 1.82) is 0 Å². The molecule has 18 heavy (non-hydrogen) atoms. The van der Waals surface area contributed by atoms with E-state index in [1.807, 2.05) is 0 Å². The van der Waals surface area contributed by atoms with Crippen LogP contribution in [0.15, 0.2) is 11.6 Å². The highest BCUT2D eigenvalue weighted by Gasteiger charge is 2.67. The molecule has 1 fully saturated rings. The van der Waals surface area contributed by atoms with Gasteiger partial charge in [-0.15, -0.1) is 0 Å². The summed E-state index contributed by atoms with van der Waals surface area (Å²) >= 11 is 0. The maximum Gasteiger partial charge on any atom is 0.412 e. The van der Waals surface area contributed by atoms with Crippen molar-refractivity contribution in [2.45, 2.75) is 26.4 Å². The number of rotatable bonds is 2. The fourth-order valence-electron chi connectivity index (χ4n) is 1.47. The van der Waals surface area contributed by atoms with Crippen LogP contribution in [0.5, 0.6) is 0 Å². The summed E-state index contributed by atoms with van der Waals surface area (Å²) in [7, 11) is 0. The van der Waals surface area contributed by atoms with Crippen molar-refractivity contribution in [3.63, 3.8) is 0 Å². The van der Waals surface area contributed by atoms with Crippen molar-refractivity contribution in [3.05, 3.63) is 11.6 Å². The van der Waals surface area contributed by atoms with Gasteiger partial charge in [-0.25, -0.2) is 4.79 Å². The summed E-state index contributed by atoms with van der Waals surface area (Å²) in [6.07, 6.45) is -4.81. The lowest BCUT2D eigenvalue weighted by atomic mass is 9.79. The second kappa shape index (κ2) is 4.43. The molecule has 0 aromatic carbocycles. The highest BCUT2D eigenvalue weighted by Crippen LogP contribution is 2.43. The average Bonchev–Trinajstić information content (AvgIpc) is 2.13. The maximum absolute atomic E-state index is 13.0. The Morgan fingerprint density at radius 1 is 1.17 bits per heavy atom. The lowest BCUT2D eigenvalue weighted by Gasteiger charge is -2.34. The molecule has 0 radical (unpaired) electrons. The third-order valence-electron chi connectivity index (χ3n) is 2.53. The summed E-state index contributed by atoms with van der Waals surface area (Å²) in [4.78, 5) is 33.7. The molecule has 1 aliphatic heterocycles. The Kier molecular flexibility index (Phi) is 3.50. The minimum atomic E-state index is -5.09. The van der Waals surface area contributed by atoms with Crippen molar-refractivity contribution < 1.29 is 27.6 Å². The van der Waals surface area contributed by atoms with Crippen molar-refractivity contribution in [2.75, 3.05) is 0 Å². The van der Waals surface area contributed by atoms with Crippen LogP contribution in [0.3, 0.4) is 0 Å². The summed E-state index contributed by atoms with van der Waals surface area (Å²) in [5.74, 6) is -3.30. The highest BCUT2D eigenvalue weighted by atomic mass is 19.4. The van der Waals surface area contributed by atoms with Gasteiger partial charge in [0.15, 0.2) is 0 Å². The van der Waals surface area contributed by atoms with Crippen LogP contribution in [0.4, 0.5) is 18.0 Å². The molecule has 0 bridgehead atoms. The first-order chi connectivity index (χ1) is 8.11. The third-order valence-corrected chi connectivity index (χ3v) is 2.53. The molecule has 1 aliphatic rings. The zero-order valence-corrected chi connectivity index (χ0v) is 9.64. The van der Waals surface area contributed by atoms with Crippen LogP contribution in [0.2, 0.25) is 0 Å². The van der Waals surface area contributed by atoms with E-state index < -0.39 is 35.9 Å². The molecule has 0 aromatic rings. The summed E-state index contributed by atoms with van der Waals surface area (Å²) in [6, 6.07) is -1.25. The monoisotopic (exact) mass is 264 g/mol. The second-order valence-electron chi connectivity index (χ2n) is 4.13. The third kappa shape index (κ3) is 2.22. The van der Waals surface area contributed by atoms with E-state index in [1.165, 1.54) is 24.5 Å². The zero-order valence-electron chi connectivity index (χ0n) is 9.64. The molecule has 8 heteroatoms. The SMILES string of the molecule is CC(C)=CCC1(C(F)(F)F)C(=O)NC(=O)NC1=O. The molecule has 100 valence electrons. The van der Waals surface area contributed by atoms with Gasteiger partial charge >= 0.3 is 12.2 Å². The number of amides is 4. The summed E-state index contributed by atoms with van der Waals surface area (Å²) in [6.45, 7) is 3.07. The number of allylic oxidation sites excluding steroid dienone is 2. The lowest BCUT2D eigenvalue weighted by Crippen LogP contribution is -2.67. The van der Waals surface area contributed by atoms with Crippen LogP contribution < -0.4 is 10.6 Å². The fourth-order valence-corrected chi connectivity index (χ4v) is 1.47. The molecule has 0 aliphatic carbocycles. The normalized spacial score (nSPS) is 19.1. The second-order valence-corrected chi connectivity index (χ2v) is 4.13. The molecule has 1 saturated heterocycles. The van der Waals surface area contributed by atoms with Gasteiger partial charge in [-0.05, 0) is 20.3 Å². The molecule has 4 amide bonds. The number of carbonyl (C=O) groups excluding carboxylic acids is 3. The molecule has 1 rings (SSSR count). The summed E-state index contributed by atoms with van der Waals surface area (Å²) < 4.78 is 39.0. The van der Waals surface area contributed by atoms with Gasteiger partial charge in [0.05, 0.1) is 0 Å². The van der Waals surface area contributed by atoms with E-state index in [1.54, 1.807) is 0 Å². The van der Waals surface area contributed by atoms with Gasteiger partial charge in [0.2, 0.25) is 5.41 Å². The first-order valence-corrected chi connectivity index (χ1v) is 4.98. The molecule has 0 spiro atoms. The molecule has 5 nitrogen and oxygen atoms in total. The van der Waals surface area contributed by atoms with E-state index in [0.717, 1.165) is 6.08 Å². The van der Waals surface area contributed by atoms with Gasteiger partial charge < -0.3 is 0 Å². The van der Waals surface area contributed by atoms with Crippen molar-refractivity contribution in [2.24, 2.45) is 5.41 Å². The van der Waals surface area contributed by atoms with E-state index in [9.17, 15) is 27.6 Å². The number of urea groups is 1. The van der Waals surface area contributed by atoms with E-state index in [0.29, 0.717) is 5.57 Å².